The number of nitrogens with zero attached hydrogens (tertiary/aromatic N) is 6. The Labute approximate surface area is 176 Å². The summed E-state index contributed by atoms with van der Waals surface area (Å²) in [4.78, 5) is 17.4. The molecule has 28 heavy (non-hydrogen) atoms. The van der Waals surface area contributed by atoms with Gasteiger partial charge in [0.25, 0.3) is 0 Å². The molecular formula is C19H17N7SSn. The minimum absolute atomic E-state index is 0.634. The molecule has 0 amide bonds. The van der Waals surface area contributed by atoms with E-state index in [0.717, 1.165) is 26.1 Å². The summed E-state index contributed by atoms with van der Waals surface area (Å²) in [5.41, 5.74) is 3.48. The number of rotatable bonds is 5. The van der Waals surface area contributed by atoms with E-state index in [9.17, 15) is 0 Å². The zero-order valence-corrected chi connectivity index (χ0v) is 18.7. The molecule has 0 unspecified atom stereocenters. The fourth-order valence-electron chi connectivity index (χ4n) is 3.41. The fourth-order valence-corrected chi connectivity index (χ4v) is 8.15. The van der Waals surface area contributed by atoms with E-state index in [4.69, 9.17) is 4.98 Å². The van der Waals surface area contributed by atoms with Crippen LogP contribution in [0.25, 0.3) is 11.0 Å². The van der Waals surface area contributed by atoms with Crippen LogP contribution in [0.1, 0.15) is 36.6 Å². The fraction of sp³-hybridized carbons (Fsp3) is 0.263. The van der Waals surface area contributed by atoms with Crippen molar-refractivity contribution in [3.05, 3.63) is 48.1 Å². The van der Waals surface area contributed by atoms with Crippen molar-refractivity contribution in [3.63, 3.8) is 0 Å². The predicted molar refractivity (Wildman–Crippen MR) is 111 cm³/mol. The summed E-state index contributed by atoms with van der Waals surface area (Å²) in [5, 5.41) is 13.4. The topological polar surface area (TPSA) is 89.4 Å². The zero-order chi connectivity index (χ0) is 18.8. The first-order valence-corrected chi connectivity index (χ1v) is 12.9. The van der Waals surface area contributed by atoms with Crippen molar-refractivity contribution in [1.82, 2.24) is 30.1 Å². The molecule has 0 aliphatic heterocycles. The van der Waals surface area contributed by atoms with Crippen LogP contribution in [0, 0.1) is 0 Å². The van der Waals surface area contributed by atoms with E-state index in [2.05, 4.69) is 36.5 Å². The molecule has 0 atom stereocenters. The molecule has 1 saturated carbocycles. The Morgan fingerprint density at radius 2 is 1.82 bits per heavy atom. The molecule has 0 aromatic carbocycles. The number of aromatic nitrogens is 6. The molecule has 4 aromatic heterocycles. The Balaban J connectivity index is 1.36. The maximum atomic E-state index is 4.86. The summed E-state index contributed by atoms with van der Waals surface area (Å²) in [7, 11) is 0. The van der Waals surface area contributed by atoms with Gasteiger partial charge in [-0.1, -0.05) is 0 Å². The van der Waals surface area contributed by atoms with Crippen LogP contribution < -0.4 is 12.1 Å². The normalized spacial score (nSPS) is 14.6. The summed E-state index contributed by atoms with van der Waals surface area (Å²) in [6.45, 7) is 0. The van der Waals surface area contributed by atoms with Gasteiger partial charge < -0.3 is 0 Å². The molecule has 1 aliphatic carbocycles. The number of fused-ring (bicyclic) bond motifs is 1. The van der Waals surface area contributed by atoms with Gasteiger partial charge >= 0.3 is 177 Å². The van der Waals surface area contributed by atoms with Gasteiger partial charge in [0.05, 0.1) is 0 Å². The Kier molecular flexibility index (Phi) is 5.13. The van der Waals surface area contributed by atoms with E-state index in [0.29, 0.717) is 5.92 Å². The number of hydrogen-bond donors (Lipinski definition) is 1. The van der Waals surface area contributed by atoms with Gasteiger partial charge in [0.1, 0.15) is 0 Å². The first-order valence-electron chi connectivity index (χ1n) is 9.23. The first kappa shape index (κ1) is 17.9. The van der Waals surface area contributed by atoms with E-state index in [1.807, 2.05) is 12.1 Å². The average molecular weight is 494 g/mol. The maximum absolute atomic E-state index is 4.86. The van der Waals surface area contributed by atoms with Gasteiger partial charge in [-0.25, -0.2) is 0 Å². The number of hydrogen-bond acceptors (Lipinski definition) is 8. The van der Waals surface area contributed by atoms with Gasteiger partial charge in [-0.3, -0.25) is 0 Å². The number of pyridine rings is 2. The van der Waals surface area contributed by atoms with Gasteiger partial charge in [-0.2, -0.15) is 0 Å². The average Bonchev–Trinajstić information content (AvgIpc) is 3.40. The summed E-state index contributed by atoms with van der Waals surface area (Å²) < 4.78 is 2.34. The second-order valence-electron chi connectivity index (χ2n) is 6.76. The molecule has 138 valence electrons. The van der Waals surface area contributed by atoms with Crippen LogP contribution in [0.3, 0.4) is 0 Å². The molecule has 4 heterocycles. The van der Waals surface area contributed by atoms with Crippen molar-refractivity contribution < 1.29 is 0 Å². The second-order valence-corrected chi connectivity index (χ2v) is 12.3. The molecular weight excluding hydrogens is 477 g/mol. The van der Waals surface area contributed by atoms with Crippen LogP contribution in [0.2, 0.25) is 0 Å². The third-order valence-electron chi connectivity index (χ3n) is 4.77. The van der Waals surface area contributed by atoms with Gasteiger partial charge in [0.15, 0.2) is 0 Å². The Hall–Kier alpha value is -2.20. The Morgan fingerprint density at radius 1 is 0.964 bits per heavy atom. The van der Waals surface area contributed by atoms with E-state index in [-0.39, 0.29) is 0 Å². The van der Waals surface area contributed by atoms with Crippen LogP contribution in [0.15, 0.2) is 43.1 Å². The number of anilines is 2. The van der Waals surface area contributed by atoms with Crippen LogP contribution in [0.5, 0.6) is 0 Å². The third-order valence-corrected chi connectivity index (χ3v) is 9.65. The molecule has 7 nitrogen and oxygen atoms in total. The molecule has 1 aliphatic rings. The molecule has 0 spiro atoms. The van der Waals surface area contributed by atoms with Crippen molar-refractivity contribution >= 4 is 61.6 Å². The monoisotopic (exact) mass is 495 g/mol. The summed E-state index contributed by atoms with van der Waals surface area (Å²) in [6.07, 6.45) is 11.9. The van der Waals surface area contributed by atoms with Crippen molar-refractivity contribution in [1.29, 1.82) is 0 Å². The van der Waals surface area contributed by atoms with Crippen molar-refractivity contribution in [2.24, 2.45) is 0 Å². The summed E-state index contributed by atoms with van der Waals surface area (Å²) >= 11 is 0.754. The van der Waals surface area contributed by atoms with Gasteiger partial charge in [0, 0.05) is 0 Å². The van der Waals surface area contributed by atoms with Gasteiger partial charge in [-0.15, -0.1) is 0 Å². The van der Waals surface area contributed by atoms with E-state index >= 15 is 0 Å². The molecule has 4 aromatic rings. The summed E-state index contributed by atoms with van der Waals surface area (Å²) in [6, 6.07) is 6.16. The van der Waals surface area contributed by atoms with Crippen LogP contribution in [-0.4, -0.2) is 51.3 Å². The van der Waals surface area contributed by atoms with Gasteiger partial charge in [0.2, 0.25) is 0 Å². The van der Waals surface area contributed by atoms with Crippen LogP contribution in [0.4, 0.5) is 11.4 Å². The van der Waals surface area contributed by atoms with Crippen molar-refractivity contribution in [3.8, 4) is 0 Å². The molecule has 5 rings (SSSR count). The third kappa shape index (κ3) is 3.97. The molecule has 2 radical (unpaired) electrons. The zero-order valence-electron chi connectivity index (χ0n) is 15.0. The minimum atomic E-state index is -1.05. The van der Waals surface area contributed by atoms with E-state index in [1.54, 1.807) is 29.9 Å². The molecule has 0 saturated heterocycles. The standard InChI is InChI=1S/C12H8N5.C7H9N2S.Sn/c1-2-11-12(15-3-1)4-9(7-16-11)17-10-5-13-8-14-6-10;1-2-4-6(3-1)7-9-8-5-10-7;/h1-2,4-8,17H;6H,1-4H2;. The Bertz CT molecular complexity index is 1100. The molecule has 1 fully saturated rings. The Morgan fingerprint density at radius 3 is 2.68 bits per heavy atom. The van der Waals surface area contributed by atoms with Crippen molar-refractivity contribution in [2.45, 2.75) is 31.6 Å². The quantitative estimate of drug-likeness (QED) is 0.427. The van der Waals surface area contributed by atoms with Crippen LogP contribution >= 0.6 is 11.3 Å². The number of nitrogens with one attached hydrogen (secondary N) is 1. The van der Waals surface area contributed by atoms with E-state index < -0.39 is 21.1 Å². The second kappa shape index (κ2) is 8.04. The summed E-state index contributed by atoms with van der Waals surface area (Å²) in [5.74, 6) is 0.634. The first-order chi connectivity index (χ1) is 13.8. The van der Waals surface area contributed by atoms with Crippen molar-refractivity contribution in [2.75, 3.05) is 5.32 Å². The molecule has 9 heteroatoms. The van der Waals surface area contributed by atoms with Gasteiger partial charge in [-0.05, 0) is 0 Å². The predicted octanol–water partition coefficient (Wildman–Crippen LogP) is 2.33. The molecule has 0 bridgehead atoms. The van der Waals surface area contributed by atoms with Crippen LogP contribution in [-0.2, 0) is 0 Å². The van der Waals surface area contributed by atoms with E-state index in [1.165, 1.54) is 40.0 Å². The molecule has 1 N–H and O–H groups in total. The SMILES string of the molecule is c1ncc(Nc2cnc3cc[c]([Sn][c]4nnc(C5CCCC5)s4)nc3c2)cn1.